The van der Waals surface area contributed by atoms with Gasteiger partial charge < -0.3 is 10.0 Å². The molecule has 0 radical (unpaired) electrons. The zero-order valence-corrected chi connectivity index (χ0v) is 18.8. The van der Waals surface area contributed by atoms with Gasteiger partial charge in [-0.15, -0.1) is 0 Å². The zero-order chi connectivity index (χ0) is 25.1. The number of alkyl halides is 6. The summed E-state index contributed by atoms with van der Waals surface area (Å²) in [6.45, 7) is 6.69. The first-order valence-corrected chi connectivity index (χ1v) is 10.6. The third kappa shape index (κ3) is 6.50. The summed E-state index contributed by atoms with van der Waals surface area (Å²) in [6, 6.07) is 6.25. The average molecular weight is 475 g/mol. The van der Waals surface area contributed by atoms with Gasteiger partial charge in [0.1, 0.15) is 0 Å². The van der Waals surface area contributed by atoms with E-state index in [1.165, 1.54) is 11.8 Å². The normalized spacial score (nSPS) is 14.3. The topological polar surface area (TPSA) is 40.5 Å². The summed E-state index contributed by atoms with van der Waals surface area (Å²) in [5.41, 5.74) is -2.36. The molecule has 0 saturated heterocycles. The summed E-state index contributed by atoms with van der Waals surface area (Å²) in [5, 5.41) is 10.8. The van der Waals surface area contributed by atoms with Crippen LogP contribution >= 0.6 is 0 Å². The number of hydrogen-bond acceptors (Lipinski definition) is 2. The largest absolute Gasteiger partial charge is 0.416 e. The molecule has 182 valence electrons. The Labute approximate surface area is 189 Å². The van der Waals surface area contributed by atoms with Crippen LogP contribution in [0.4, 0.5) is 26.3 Å². The molecule has 2 rings (SSSR count). The molecule has 0 aliphatic heterocycles. The van der Waals surface area contributed by atoms with E-state index in [4.69, 9.17) is 0 Å². The second-order valence-corrected chi connectivity index (χ2v) is 8.28. The van der Waals surface area contributed by atoms with Gasteiger partial charge in [0.2, 0.25) is 0 Å². The molecule has 2 aromatic carbocycles. The fourth-order valence-electron chi connectivity index (χ4n) is 3.77. The van der Waals surface area contributed by atoms with E-state index in [1.807, 2.05) is 13.0 Å². The smallest absolute Gasteiger partial charge is 0.386 e. The van der Waals surface area contributed by atoms with Gasteiger partial charge in [0.15, 0.2) is 0 Å². The molecule has 1 N–H and O–H groups in total. The Hall–Kier alpha value is -2.55. The Bertz CT molecular complexity index is 936. The number of aliphatic hydroxyl groups excluding tert-OH is 1. The molecular weight excluding hydrogens is 448 g/mol. The van der Waals surface area contributed by atoms with Gasteiger partial charge in [0.05, 0.1) is 23.3 Å². The molecule has 0 bridgehead atoms. The SMILES string of the molecule is CCCc1cccc(C(=O)N(C(C)C)[C@@H](C)[C@H](O)c2cc(C(F)(F)F)cc(C(F)(F)F)c2)c1. The van der Waals surface area contributed by atoms with Gasteiger partial charge in [-0.3, -0.25) is 4.79 Å². The standard InChI is InChI=1S/C24H27F6NO2/c1-5-7-16-8-6-9-17(10-16)22(33)31(14(2)3)15(4)21(32)18-11-19(23(25,26)27)13-20(12-18)24(28,29)30/h6,8-15,21,32H,5,7H2,1-4H3/t15-,21-/m0/s1. The lowest BCUT2D eigenvalue weighted by atomic mass is 9.95. The van der Waals surface area contributed by atoms with Gasteiger partial charge in [-0.05, 0) is 68.7 Å². The Morgan fingerprint density at radius 2 is 1.48 bits per heavy atom. The van der Waals surface area contributed by atoms with Crippen LogP contribution in [-0.4, -0.2) is 28.0 Å². The van der Waals surface area contributed by atoms with Crippen molar-refractivity contribution >= 4 is 5.91 Å². The van der Waals surface area contributed by atoms with Crippen molar-refractivity contribution < 1.29 is 36.2 Å². The number of carbonyl (C=O) groups is 1. The van der Waals surface area contributed by atoms with E-state index in [0.717, 1.165) is 18.4 Å². The van der Waals surface area contributed by atoms with E-state index >= 15 is 0 Å². The first kappa shape index (κ1) is 26.7. The van der Waals surface area contributed by atoms with Crippen LogP contribution in [0.15, 0.2) is 42.5 Å². The highest BCUT2D eigenvalue weighted by atomic mass is 19.4. The van der Waals surface area contributed by atoms with E-state index in [-0.39, 0.29) is 6.07 Å². The van der Waals surface area contributed by atoms with E-state index in [2.05, 4.69) is 0 Å². The number of hydrogen-bond donors (Lipinski definition) is 1. The average Bonchev–Trinajstić information content (AvgIpc) is 2.71. The second kappa shape index (κ2) is 10.2. The number of amides is 1. The molecule has 0 saturated carbocycles. The first-order chi connectivity index (χ1) is 15.2. The highest BCUT2D eigenvalue weighted by Crippen LogP contribution is 2.38. The summed E-state index contributed by atoms with van der Waals surface area (Å²) in [6.07, 6.45) is -10.2. The molecular formula is C24H27F6NO2. The third-order valence-corrected chi connectivity index (χ3v) is 5.35. The number of carbonyl (C=O) groups excluding carboxylic acids is 1. The number of aryl methyl sites for hydroxylation is 1. The van der Waals surface area contributed by atoms with Crippen LogP contribution < -0.4 is 0 Å². The van der Waals surface area contributed by atoms with Crippen LogP contribution in [0.3, 0.4) is 0 Å². The molecule has 2 aromatic rings. The summed E-state index contributed by atoms with van der Waals surface area (Å²) in [5.74, 6) is -0.475. The summed E-state index contributed by atoms with van der Waals surface area (Å²) >= 11 is 0. The van der Waals surface area contributed by atoms with E-state index in [0.29, 0.717) is 17.7 Å². The Morgan fingerprint density at radius 1 is 0.939 bits per heavy atom. The minimum absolute atomic E-state index is 0.00544. The third-order valence-electron chi connectivity index (χ3n) is 5.35. The molecule has 0 heterocycles. The van der Waals surface area contributed by atoms with Crippen molar-refractivity contribution in [3.63, 3.8) is 0 Å². The van der Waals surface area contributed by atoms with Crippen molar-refractivity contribution in [2.24, 2.45) is 0 Å². The predicted molar refractivity (Wildman–Crippen MR) is 113 cm³/mol. The molecule has 1 amide bonds. The molecule has 0 aliphatic rings. The van der Waals surface area contributed by atoms with Gasteiger partial charge in [0.25, 0.3) is 5.91 Å². The number of benzene rings is 2. The Morgan fingerprint density at radius 3 is 1.94 bits per heavy atom. The molecule has 0 unspecified atom stereocenters. The molecule has 0 spiro atoms. The van der Waals surface area contributed by atoms with Crippen molar-refractivity contribution in [3.8, 4) is 0 Å². The Balaban J connectivity index is 2.47. The molecule has 33 heavy (non-hydrogen) atoms. The number of halogens is 6. The zero-order valence-electron chi connectivity index (χ0n) is 18.8. The van der Waals surface area contributed by atoms with Gasteiger partial charge >= 0.3 is 12.4 Å². The van der Waals surface area contributed by atoms with Crippen LogP contribution in [0.25, 0.3) is 0 Å². The molecule has 3 nitrogen and oxygen atoms in total. The summed E-state index contributed by atoms with van der Waals surface area (Å²) < 4.78 is 79.3. The summed E-state index contributed by atoms with van der Waals surface area (Å²) in [4.78, 5) is 14.5. The number of nitrogens with zero attached hydrogens (tertiary/aromatic N) is 1. The number of rotatable bonds is 7. The van der Waals surface area contributed by atoms with Gasteiger partial charge in [0, 0.05) is 11.6 Å². The molecule has 2 atom stereocenters. The van der Waals surface area contributed by atoms with Crippen LogP contribution in [0.5, 0.6) is 0 Å². The fraction of sp³-hybridized carbons (Fsp3) is 0.458. The van der Waals surface area contributed by atoms with Gasteiger partial charge in [-0.1, -0.05) is 25.5 Å². The number of aliphatic hydroxyl groups is 1. The van der Waals surface area contributed by atoms with E-state index in [9.17, 15) is 36.2 Å². The van der Waals surface area contributed by atoms with Crippen molar-refractivity contribution in [1.29, 1.82) is 0 Å². The van der Waals surface area contributed by atoms with E-state index in [1.54, 1.807) is 32.0 Å². The lowest BCUT2D eigenvalue weighted by molar-refractivity contribution is -0.143. The van der Waals surface area contributed by atoms with Gasteiger partial charge in [-0.2, -0.15) is 26.3 Å². The molecule has 0 aromatic heterocycles. The van der Waals surface area contributed by atoms with Crippen LogP contribution in [0.1, 0.15) is 72.8 Å². The van der Waals surface area contributed by atoms with Crippen LogP contribution in [-0.2, 0) is 18.8 Å². The molecule has 0 fully saturated rings. The molecule has 9 heteroatoms. The maximum atomic E-state index is 13.2. The van der Waals surface area contributed by atoms with Crippen LogP contribution in [0, 0.1) is 0 Å². The monoisotopic (exact) mass is 475 g/mol. The van der Waals surface area contributed by atoms with Crippen molar-refractivity contribution in [2.75, 3.05) is 0 Å². The minimum Gasteiger partial charge on any atom is -0.386 e. The van der Waals surface area contributed by atoms with Crippen LogP contribution in [0.2, 0.25) is 0 Å². The summed E-state index contributed by atoms with van der Waals surface area (Å²) in [7, 11) is 0. The predicted octanol–water partition coefficient (Wildman–Crippen LogP) is 6.65. The maximum absolute atomic E-state index is 13.2. The maximum Gasteiger partial charge on any atom is 0.416 e. The van der Waals surface area contributed by atoms with Crippen molar-refractivity contribution in [2.45, 2.75) is 71.1 Å². The van der Waals surface area contributed by atoms with Gasteiger partial charge in [-0.25, -0.2) is 0 Å². The Kier molecular flexibility index (Phi) is 8.22. The quantitative estimate of drug-likeness (QED) is 0.456. The lowest BCUT2D eigenvalue weighted by Gasteiger charge is -2.36. The lowest BCUT2D eigenvalue weighted by Crippen LogP contribution is -2.46. The van der Waals surface area contributed by atoms with E-state index < -0.39 is 53.1 Å². The minimum atomic E-state index is -5.04. The first-order valence-electron chi connectivity index (χ1n) is 10.6. The van der Waals surface area contributed by atoms with Crippen molar-refractivity contribution in [3.05, 3.63) is 70.3 Å². The highest BCUT2D eigenvalue weighted by molar-refractivity contribution is 5.94. The fourth-order valence-corrected chi connectivity index (χ4v) is 3.77. The van der Waals surface area contributed by atoms with Crippen molar-refractivity contribution in [1.82, 2.24) is 4.90 Å². The molecule has 0 aliphatic carbocycles. The second-order valence-electron chi connectivity index (χ2n) is 8.28. The highest BCUT2D eigenvalue weighted by Gasteiger charge is 2.39.